The highest BCUT2D eigenvalue weighted by atomic mass is 16.2. The Morgan fingerprint density at radius 1 is 0.279 bits per heavy atom. The minimum absolute atomic E-state index is 0.188. The molecule has 10 aromatic rings. The van der Waals surface area contributed by atoms with Crippen LogP contribution in [0, 0.1) is 0 Å². The van der Waals surface area contributed by atoms with Crippen LogP contribution in [-0.4, -0.2) is 156 Å². The zero-order chi connectivity index (χ0) is 85.3. The van der Waals surface area contributed by atoms with E-state index in [0.29, 0.717) is 108 Å². The van der Waals surface area contributed by atoms with Crippen molar-refractivity contribution in [2.75, 3.05) is 0 Å². The van der Waals surface area contributed by atoms with Crippen molar-refractivity contribution in [2.24, 2.45) is 0 Å². The van der Waals surface area contributed by atoms with Gasteiger partial charge in [-0.2, -0.15) is 25.0 Å². The minimum Gasteiger partial charge on any atom is -0.285 e. The van der Waals surface area contributed by atoms with Crippen LogP contribution in [0.15, 0.2) is 34.4 Å². The van der Waals surface area contributed by atoms with Gasteiger partial charge in [0.05, 0.1) is 70.7 Å². The number of aromatic nitrogens is 31. The quantitative estimate of drug-likeness (QED) is 0.0692. The zero-order valence-electron chi connectivity index (χ0n) is 75.6. The number of hydrogen-bond donors (Lipinski definition) is 1. The van der Waals surface area contributed by atoms with Crippen molar-refractivity contribution in [3.63, 3.8) is 0 Å². The maximum atomic E-state index is 11.1. The molecule has 0 bridgehead atoms. The first kappa shape index (κ1) is 100. The standard InChI is InChI=1S/C10H14O2.5C8H15N3.4C7H14N4/c1-5(2)7-8(6(3)4)10(12)9(7)11;2*1-6(2)8-5-11(7(3)4)10-9-8;2*1-6(2)8-5-9-10-11(8)7(3)4;1-5(2)7-8(6(3)4)10-11-9-7;2*1-5(2)7-8-9-10-11(7)6(3)4;2*1-5(2)7-8-10-11(9-7)6(3)4/h5-6H,1-4H3;4*5-7H,1-4H3;5-6H,1-4H3,(H,9,10,11);4*5-6H,1-4H3. The third-order valence-corrected chi connectivity index (χ3v) is 16.4. The van der Waals surface area contributed by atoms with Crippen LogP contribution in [0.5, 0.6) is 0 Å². The number of tetrazole rings is 4. The molecule has 0 amide bonds. The van der Waals surface area contributed by atoms with Crippen LogP contribution in [0.3, 0.4) is 0 Å². The summed E-state index contributed by atoms with van der Waals surface area (Å²) in [4.78, 5) is 25.5. The molecular weight excluding hydrogens is 1400 g/mol. The largest absolute Gasteiger partial charge is 0.285 e. The van der Waals surface area contributed by atoms with Crippen LogP contribution in [0.4, 0.5) is 0 Å². The summed E-state index contributed by atoms with van der Waals surface area (Å²) in [5, 5.41) is 89.7. The first-order valence-electron chi connectivity index (χ1n) is 40.0. The van der Waals surface area contributed by atoms with Crippen LogP contribution in [-0.2, 0) is 0 Å². The normalized spacial score (nSPS) is 11.5. The highest BCUT2D eigenvalue weighted by Crippen LogP contribution is 2.24. The van der Waals surface area contributed by atoms with Gasteiger partial charge in [-0.3, -0.25) is 9.59 Å². The summed E-state index contributed by atoms with van der Waals surface area (Å²) in [6.45, 7) is 83.2. The van der Waals surface area contributed by atoms with Crippen molar-refractivity contribution < 1.29 is 0 Å². The van der Waals surface area contributed by atoms with E-state index < -0.39 is 0 Å². The summed E-state index contributed by atoms with van der Waals surface area (Å²) in [6, 6.07) is 2.95. The zero-order valence-corrected chi connectivity index (χ0v) is 75.6. The summed E-state index contributed by atoms with van der Waals surface area (Å²) in [6.07, 6.45) is 7.69. The van der Waals surface area contributed by atoms with Crippen LogP contribution < -0.4 is 10.9 Å². The predicted molar refractivity (Wildman–Crippen MR) is 441 cm³/mol. The third kappa shape index (κ3) is 33.1. The molecule has 0 radical (unpaired) electrons. The Morgan fingerprint density at radius 2 is 0.586 bits per heavy atom. The SMILES string of the molecule is CC(C)c1c(C(C)C)c(=O)c1=O.CC(C)c1cn(C(C)C)nn1.CC(C)c1cn(C(C)C)nn1.CC(C)c1cnnn1C(C)C.CC(C)c1cnnn1C(C)C.CC(C)c1n[nH]nc1C(C)C.CC(C)c1nnn(C(C)C)n1.CC(C)c1nnn(C(C)C)n1.CC(C)c1nnnn1C(C)C.CC(C)c1nnnn1C(C)C. The van der Waals surface area contributed by atoms with Gasteiger partial charge < -0.3 is 0 Å². The Morgan fingerprint density at radius 3 is 0.757 bits per heavy atom. The molecule has 1 aromatic carbocycles. The summed E-state index contributed by atoms with van der Waals surface area (Å²) in [7, 11) is 0. The maximum absolute atomic E-state index is 11.1. The molecular formula is C78H145N31O2. The molecule has 111 heavy (non-hydrogen) atoms. The lowest BCUT2D eigenvalue weighted by atomic mass is 9.85. The van der Waals surface area contributed by atoms with Crippen molar-refractivity contribution in [2.45, 2.75) is 396 Å². The molecule has 0 aliphatic carbocycles. The van der Waals surface area contributed by atoms with Gasteiger partial charge in [-0.25, -0.2) is 28.1 Å². The van der Waals surface area contributed by atoms with Crippen LogP contribution in [0.2, 0.25) is 0 Å². The summed E-state index contributed by atoms with van der Waals surface area (Å²) < 4.78 is 11.4. The average molecular weight is 1550 g/mol. The van der Waals surface area contributed by atoms with Gasteiger partial charge in [0, 0.05) is 71.4 Å². The van der Waals surface area contributed by atoms with E-state index in [1.54, 1.807) is 9.59 Å². The van der Waals surface area contributed by atoms with Gasteiger partial charge in [-0.05, 0) is 189 Å². The molecule has 10 rings (SSSR count). The summed E-state index contributed by atoms with van der Waals surface area (Å²) in [5.74, 6) is 8.34. The van der Waals surface area contributed by atoms with E-state index in [0.717, 1.165) is 57.2 Å². The maximum Gasteiger partial charge on any atom is 0.229 e. The molecule has 1 N–H and O–H groups in total. The lowest BCUT2D eigenvalue weighted by Gasteiger charge is -2.16. The van der Waals surface area contributed by atoms with Gasteiger partial charge in [0.1, 0.15) is 0 Å². The number of rotatable bonds is 20. The molecule has 0 saturated carbocycles. The molecule has 33 heteroatoms. The van der Waals surface area contributed by atoms with Gasteiger partial charge in [0.15, 0.2) is 23.3 Å². The number of nitrogens with one attached hydrogen (secondary N) is 1. The van der Waals surface area contributed by atoms with Crippen LogP contribution in [0.1, 0.15) is 465 Å². The van der Waals surface area contributed by atoms with Crippen LogP contribution in [0.25, 0.3) is 0 Å². The fourth-order valence-electron chi connectivity index (χ4n) is 9.69. The highest BCUT2D eigenvalue weighted by Gasteiger charge is 2.25. The number of nitrogens with zero attached hydrogens (tertiary/aromatic N) is 30. The average Bonchev–Trinajstić information content (AvgIpc) is 1.72. The molecule has 0 fully saturated rings. The second kappa shape index (κ2) is 48.8. The van der Waals surface area contributed by atoms with Gasteiger partial charge in [0.2, 0.25) is 10.9 Å². The molecule has 0 unspecified atom stereocenters. The topological polar surface area (TPSA) is 373 Å². The van der Waals surface area contributed by atoms with Gasteiger partial charge in [-0.1, -0.05) is 187 Å². The molecule has 0 saturated heterocycles. The molecule has 9 aromatic heterocycles. The Bertz CT molecular complexity index is 3400. The van der Waals surface area contributed by atoms with Gasteiger partial charge in [-0.15, -0.1) is 51.0 Å². The fourth-order valence-corrected chi connectivity index (χ4v) is 9.69. The smallest absolute Gasteiger partial charge is 0.229 e. The number of H-pyrrole nitrogens is 1. The lowest BCUT2D eigenvalue weighted by molar-refractivity contribution is 0.452. The Hall–Kier alpha value is -8.94. The summed E-state index contributed by atoms with van der Waals surface area (Å²) >= 11 is 0. The fraction of sp³-hybridized carbons (Fsp3) is 0.769. The second-order valence-electron chi connectivity index (χ2n) is 33.5. The van der Waals surface area contributed by atoms with Gasteiger partial charge in [0.25, 0.3) is 0 Å². The van der Waals surface area contributed by atoms with Crippen molar-refractivity contribution >= 4 is 0 Å². The second-order valence-corrected chi connectivity index (χ2v) is 33.5. The van der Waals surface area contributed by atoms with E-state index >= 15 is 0 Å². The lowest BCUT2D eigenvalue weighted by Crippen LogP contribution is -2.41. The van der Waals surface area contributed by atoms with Crippen LogP contribution >= 0.6 is 0 Å². The molecule has 0 aliphatic rings. The van der Waals surface area contributed by atoms with E-state index in [9.17, 15) is 9.59 Å². The van der Waals surface area contributed by atoms with Gasteiger partial charge >= 0.3 is 0 Å². The van der Waals surface area contributed by atoms with Crippen molar-refractivity contribution in [3.8, 4) is 0 Å². The molecule has 624 valence electrons. The number of hydrogen-bond acceptors (Lipinski definition) is 24. The predicted octanol–water partition coefficient (Wildman–Crippen LogP) is 17.0. The monoisotopic (exact) mass is 1550 g/mol. The van der Waals surface area contributed by atoms with E-state index in [1.165, 1.54) is 11.4 Å². The number of aromatic amines is 1. The minimum atomic E-state index is -0.270. The Kier molecular flexibility index (Phi) is 44.0. The van der Waals surface area contributed by atoms with Crippen molar-refractivity contribution in [1.82, 2.24) is 156 Å². The molecule has 0 aliphatic heterocycles. The Labute approximate surface area is 663 Å². The molecule has 0 atom stereocenters. The van der Waals surface area contributed by atoms with Crippen molar-refractivity contribution in [3.05, 3.63) is 114 Å². The van der Waals surface area contributed by atoms with E-state index in [2.05, 4.69) is 340 Å². The molecule has 0 spiro atoms. The first-order valence-corrected chi connectivity index (χ1v) is 40.0. The first-order chi connectivity index (χ1) is 51.5. The van der Waals surface area contributed by atoms with E-state index in [-0.39, 0.29) is 22.7 Å². The van der Waals surface area contributed by atoms with E-state index in [1.807, 2.05) is 108 Å². The van der Waals surface area contributed by atoms with E-state index in [4.69, 9.17) is 0 Å². The van der Waals surface area contributed by atoms with Crippen molar-refractivity contribution in [1.29, 1.82) is 0 Å². The molecule has 9 heterocycles. The Balaban J connectivity index is 0.000000617. The molecule has 33 nitrogen and oxygen atoms in total. The highest BCUT2D eigenvalue weighted by molar-refractivity contribution is 5.37. The third-order valence-electron chi connectivity index (χ3n) is 16.4. The summed E-state index contributed by atoms with van der Waals surface area (Å²) in [5.41, 5.74) is 7.70.